The highest BCUT2D eigenvalue weighted by atomic mass is 16.4. The molecule has 0 radical (unpaired) electrons. The molecular formula is C12H22N2O3. The van der Waals surface area contributed by atoms with Gasteiger partial charge in [-0.1, -0.05) is 6.92 Å². The van der Waals surface area contributed by atoms with Gasteiger partial charge in [0.1, 0.15) is 6.04 Å². The molecule has 0 aromatic rings. The van der Waals surface area contributed by atoms with Crippen LogP contribution in [0.25, 0.3) is 0 Å². The van der Waals surface area contributed by atoms with Crippen molar-refractivity contribution < 1.29 is 14.7 Å². The topological polar surface area (TPSA) is 69.6 Å². The molecule has 17 heavy (non-hydrogen) atoms. The summed E-state index contributed by atoms with van der Waals surface area (Å²) in [6.07, 6.45) is 1.40. The van der Waals surface area contributed by atoms with Gasteiger partial charge in [0, 0.05) is 12.1 Å². The monoisotopic (exact) mass is 242 g/mol. The van der Waals surface area contributed by atoms with E-state index in [1.807, 2.05) is 27.7 Å². The summed E-state index contributed by atoms with van der Waals surface area (Å²) in [6, 6.07) is -0.974. The van der Waals surface area contributed by atoms with Crippen LogP contribution in [0.3, 0.4) is 0 Å². The van der Waals surface area contributed by atoms with E-state index in [0.29, 0.717) is 18.9 Å². The second-order valence-electron chi connectivity index (χ2n) is 5.86. The first-order chi connectivity index (χ1) is 7.70. The third kappa shape index (κ3) is 3.91. The zero-order chi connectivity index (χ0) is 13.2. The summed E-state index contributed by atoms with van der Waals surface area (Å²) in [5, 5.41) is 12.0. The van der Waals surface area contributed by atoms with E-state index in [1.165, 1.54) is 4.90 Å². The summed E-state index contributed by atoms with van der Waals surface area (Å²) in [4.78, 5) is 24.6. The second kappa shape index (κ2) is 4.94. The van der Waals surface area contributed by atoms with Crippen LogP contribution in [0.2, 0.25) is 0 Å². The lowest BCUT2D eigenvalue weighted by molar-refractivity contribution is -0.143. The summed E-state index contributed by atoms with van der Waals surface area (Å²) >= 11 is 0. The maximum absolute atomic E-state index is 12.0. The normalized spacial score (nSPS) is 25.5. The molecule has 1 fully saturated rings. The number of nitrogens with one attached hydrogen (secondary N) is 1. The van der Waals surface area contributed by atoms with E-state index < -0.39 is 12.0 Å². The van der Waals surface area contributed by atoms with E-state index in [-0.39, 0.29) is 11.6 Å². The lowest BCUT2D eigenvalue weighted by atomic mass is 9.92. The fraction of sp³-hybridized carbons (Fsp3) is 0.833. The smallest absolute Gasteiger partial charge is 0.326 e. The SMILES string of the molecule is CC1CCN(C(=O)NC(C)(C)C)C(C(=O)O)C1. The standard InChI is InChI=1S/C12H22N2O3/c1-8-5-6-14(9(7-8)10(15)16)11(17)13-12(2,3)4/h8-9H,5-7H2,1-4H3,(H,13,17)(H,15,16). The zero-order valence-electron chi connectivity index (χ0n) is 11.0. The first-order valence-electron chi connectivity index (χ1n) is 6.02. The number of urea groups is 1. The van der Waals surface area contributed by atoms with Crippen LogP contribution >= 0.6 is 0 Å². The van der Waals surface area contributed by atoms with Crippen LogP contribution in [0.15, 0.2) is 0 Å². The van der Waals surface area contributed by atoms with E-state index >= 15 is 0 Å². The third-order valence-electron chi connectivity index (χ3n) is 2.89. The molecule has 0 aliphatic carbocycles. The molecule has 1 saturated heterocycles. The molecule has 0 aromatic heterocycles. The highest BCUT2D eigenvalue weighted by molar-refractivity contribution is 5.83. The van der Waals surface area contributed by atoms with Gasteiger partial charge in [0.15, 0.2) is 0 Å². The van der Waals surface area contributed by atoms with Crippen molar-refractivity contribution in [3.05, 3.63) is 0 Å². The Morgan fingerprint density at radius 1 is 1.35 bits per heavy atom. The van der Waals surface area contributed by atoms with Gasteiger partial charge in [0.2, 0.25) is 0 Å². The van der Waals surface area contributed by atoms with E-state index in [2.05, 4.69) is 5.32 Å². The Hall–Kier alpha value is -1.26. The van der Waals surface area contributed by atoms with Gasteiger partial charge < -0.3 is 15.3 Å². The Labute approximate surface area is 102 Å². The number of hydrogen-bond donors (Lipinski definition) is 2. The molecule has 2 unspecified atom stereocenters. The number of rotatable bonds is 1. The Morgan fingerprint density at radius 2 is 1.94 bits per heavy atom. The van der Waals surface area contributed by atoms with Crippen LogP contribution in [-0.2, 0) is 4.79 Å². The van der Waals surface area contributed by atoms with Gasteiger partial charge in [-0.3, -0.25) is 0 Å². The van der Waals surface area contributed by atoms with Crippen molar-refractivity contribution in [3.8, 4) is 0 Å². The van der Waals surface area contributed by atoms with E-state index in [1.54, 1.807) is 0 Å². The molecule has 98 valence electrons. The number of nitrogens with zero attached hydrogens (tertiary/aromatic N) is 1. The number of carboxylic acid groups (broad SMARTS) is 1. The molecule has 0 bridgehead atoms. The van der Waals surface area contributed by atoms with Crippen LogP contribution in [0, 0.1) is 5.92 Å². The third-order valence-corrected chi connectivity index (χ3v) is 2.89. The summed E-state index contributed by atoms with van der Waals surface area (Å²) in [7, 11) is 0. The molecule has 2 amide bonds. The summed E-state index contributed by atoms with van der Waals surface area (Å²) in [5.41, 5.74) is -0.344. The molecule has 0 spiro atoms. The molecule has 1 rings (SSSR count). The predicted molar refractivity (Wildman–Crippen MR) is 64.8 cm³/mol. The molecule has 0 aromatic carbocycles. The fourth-order valence-corrected chi connectivity index (χ4v) is 2.01. The first kappa shape index (κ1) is 13.8. The van der Waals surface area contributed by atoms with Crippen LogP contribution in [0.1, 0.15) is 40.5 Å². The van der Waals surface area contributed by atoms with Gasteiger partial charge in [0.05, 0.1) is 0 Å². The molecule has 1 aliphatic heterocycles. The number of carboxylic acids is 1. The molecule has 0 saturated carbocycles. The molecule has 1 heterocycles. The van der Waals surface area contributed by atoms with Gasteiger partial charge in [-0.25, -0.2) is 9.59 Å². The number of amides is 2. The van der Waals surface area contributed by atoms with Crippen LogP contribution < -0.4 is 5.32 Å². The number of carbonyl (C=O) groups excluding carboxylic acids is 1. The lowest BCUT2D eigenvalue weighted by Gasteiger charge is -2.37. The van der Waals surface area contributed by atoms with Crippen molar-refractivity contribution >= 4 is 12.0 Å². The van der Waals surface area contributed by atoms with Gasteiger partial charge in [-0.15, -0.1) is 0 Å². The summed E-state index contributed by atoms with van der Waals surface area (Å²) < 4.78 is 0. The highest BCUT2D eigenvalue weighted by Gasteiger charge is 2.35. The average molecular weight is 242 g/mol. The van der Waals surface area contributed by atoms with Crippen molar-refractivity contribution in [2.24, 2.45) is 5.92 Å². The maximum atomic E-state index is 12.0. The van der Waals surface area contributed by atoms with E-state index in [0.717, 1.165) is 6.42 Å². The van der Waals surface area contributed by atoms with Crippen LogP contribution in [-0.4, -0.2) is 40.1 Å². The van der Waals surface area contributed by atoms with Crippen molar-refractivity contribution in [2.75, 3.05) is 6.54 Å². The maximum Gasteiger partial charge on any atom is 0.326 e. The molecule has 1 aliphatic rings. The van der Waals surface area contributed by atoms with Crippen LogP contribution in [0.5, 0.6) is 0 Å². The van der Waals surface area contributed by atoms with Gasteiger partial charge in [-0.2, -0.15) is 0 Å². The Kier molecular flexibility index (Phi) is 4.01. The van der Waals surface area contributed by atoms with Gasteiger partial charge >= 0.3 is 12.0 Å². The molecule has 5 nitrogen and oxygen atoms in total. The van der Waals surface area contributed by atoms with Gasteiger partial charge in [-0.05, 0) is 39.5 Å². The van der Waals surface area contributed by atoms with Crippen molar-refractivity contribution in [2.45, 2.75) is 52.1 Å². The van der Waals surface area contributed by atoms with Crippen LogP contribution in [0.4, 0.5) is 4.79 Å². The lowest BCUT2D eigenvalue weighted by Crippen LogP contribution is -2.56. The first-order valence-corrected chi connectivity index (χ1v) is 6.02. The van der Waals surface area contributed by atoms with Crippen molar-refractivity contribution in [1.82, 2.24) is 10.2 Å². The minimum absolute atomic E-state index is 0.281. The molecular weight excluding hydrogens is 220 g/mol. The number of likely N-dealkylation sites (tertiary alicyclic amines) is 1. The minimum atomic E-state index is -0.916. The number of hydrogen-bond acceptors (Lipinski definition) is 2. The largest absolute Gasteiger partial charge is 0.480 e. The summed E-state index contributed by atoms with van der Waals surface area (Å²) in [6.45, 7) is 8.18. The Balaban J connectivity index is 2.73. The highest BCUT2D eigenvalue weighted by Crippen LogP contribution is 2.23. The zero-order valence-corrected chi connectivity index (χ0v) is 11.0. The number of aliphatic carboxylic acids is 1. The average Bonchev–Trinajstić information content (AvgIpc) is 2.14. The molecule has 2 atom stereocenters. The van der Waals surface area contributed by atoms with Crippen molar-refractivity contribution in [1.29, 1.82) is 0 Å². The Morgan fingerprint density at radius 3 is 2.41 bits per heavy atom. The van der Waals surface area contributed by atoms with E-state index in [4.69, 9.17) is 5.11 Å². The quantitative estimate of drug-likeness (QED) is 0.735. The van der Waals surface area contributed by atoms with Crippen molar-refractivity contribution in [3.63, 3.8) is 0 Å². The van der Waals surface area contributed by atoms with E-state index in [9.17, 15) is 9.59 Å². The summed E-state index contributed by atoms with van der Waals surface area (Å²) in [5.74, 6) is -0.560. The predicted octanol–water partition coefficient (Wildman–Crippen LogP) is 1.68. The molecule has 2 N–H and O–H groups in total. The fourth-order valence-electron chi connectivity index (χ4n) is 2.01. The number of carbonyl (C=O) groups is 2. The number of piperidine rings is 1. The second-order valence-corrected chi connectivity index (χ2v) is 5.86. The Bertz CT molecular complexity index is 309. The van der Waals surface area contributed by atoms with Gasteiger partial charge in [0.25, 0.3) is 0 Å². The molecule has 5 heteroatoms. The minimum Gasteiger partial charge on any atom is -0.480 e.